The van der Waals surface area contributed by atoms with Crippen LogP contribution in [0.15, 0.2) is 18.2 Å². The maximum atomic E-state index is 12.6. The lowest BCUT2D eigenvalue weighted by atomic mass is 10.1. The smallest absolute Gasteiger partial charge is 0.395 e. The topological polar surface area (TPSA) is 90.2 Å². The molecule has 0 bridgehead atoms. The van der Waals surface area contributed by atoms with Crippen molar-refractivity contribution in [1.82, 2.24) is 0 Å². The van der Waals surface area contributed by atoms with Crippen molar-refractivity contribution in [2.75, 3.05) is 17.1 Å². The van der Waals surface area contributed by atoms with Crippen molar-refractivity contribution in [2.24, 2.45) is 0 Å². The van der Waals surface area contributed by atoms with Gasteiger partial charge in [-0.1, -0.05) is 0 Å². The highest BCUT2D eigenvalue weighted by Gasteiger charge is 2.34. The fourth-order valence-corrected chi connectivity index (χ4v) is 2.12. The highest BCUT2D eigenvalue weighted by Crippen LogP contribution is 2.33. The number of aliphatic hydroxyl groups is 1. The van der Waals surface area contributed by atoms with Gasteiger partial charge in [-0.3, -0.25) is 4.72 Å². The molecular weight excluding hydrogens is 285 g/mol. The Morgan fingerprint density at radius 2 is 2.00 bits per heavy atom. The maximum absolute atomic E-state index is 12.6. The predicted octanol–water partition coefficient (Wildman–Crippen LogP) is 1.31. The zero-order valence-corrected chi connectivity index (χ0v) is 10.2. The number of nitrogens with one attached hydrogen (secondary N) is 1. The van der Waals surface area contributed by atoms with Crippen molar-refractivity contribution in [1.29, 1.82) is 5.26 Å². The molecule has 0 aliphatic heterocycles. The summed E-state index contributed by atoms with van der Waals surface area (Å²) >= 11 is 0. The Hall–Kier alpha value is -1.79. The second-order valence-electron chi connectivity index (χ2n) is 3.51. The number of halogens is 3. The van der Waals surface area contributed by atoms with Crippen LogP contribution in [0.3, 0.4) is 0 Å². The Bertz CT molecular complexity index is 605. The van der Waals surface area contributed by atoms with E-state index in [0.29, 0.717) is 6.07 Å². The molecule has 1 rings (SSSR count). The van der Waals surface area contributed by atoms with Gasteiger partial charge in [0, 0.05) is 5.69 Å². The minimum absolute atomic E-state index is 0.320. The van der Waals surface area contributed by atoms with Gasteiger partial charge in [0.15, 0.2) is 0 Å². The zero-order chi connectivity index (χ0) is 14.7. The molecule has 104 valence electrons. The maximum Gasteiger partial charge on any atom is 0.417 e. The number of nitriles is 1. The number of nitrogens with zero attached hydrogens (tertiary/aromatic N) is 1. The van der Waals surface area contributed by atoms with E-state index in [9.17, 15) is 21.6 Å². The van der Waals surface area contributed by atoms with Crippen molar-refractivity contribution in [3.8, 4) is 6.07 Å². The Balaban J connectivity index is 3.18. The summed E-state index contributed by atoms with van der Waals surface area (Å²) in [6.45, 7) is -0.655. The van der Waals surface area contributed by atoms with Crippen LogP contribution in [0.5, 0.6) is 0 Å². The first-order valence-electron chi connectivity index (χ1n) is 4.92. The van der Waals surface area contributed by atoms with E-state index in [1.165, 1.54) is 6.07 Å². The Labute approximate surface area is 107 Å². The molecule has 0 spiro atoms. The normalized spacial score (nSPS) is 11.9. The molecule has 2 N–H and O–H groups in total. The number of sulfonamides is 1. The first-order chi connectivity index (χ1) is 8.69. The molecule has 0 heterocycles. The molecule has 0 aliphatic carbocycles. The second kappa shape index (κ2) is 5.46. The first kappa shape index (κ1) is 15.3. The average molecular weight is 294 g/mol. The molecule has 0 aromatic heterocycles. The molecule has 9 heteroatoms. The SMILES string of the molecule is N#Cc1ccc(NS(=O)(=O)CCO)cc1C(F)(F)F. The standard InChI is InChI=1S/C10H9F3N2O3S/c11-10(12,13)9-5-8(2-1-7(9)6-14)15-19(17,18)4-3-16/h1-2,5,15-16H,3-4H2. The number of benzene rings is 1. The van der Waals surface area contributed by atoms with Crippen LogP contribution in [0.4, 0.5) is 18.9 Å². The predicted molar refractivity (Wildman–Crippen MR) is 60.7 cm³/mol. The van der Waals surface area contributed by atoms with Crippen LogP contribution in [0.25, 0.3) is 0 Å². The number of aliphatic hydroxyl groups excluding tert-OH is 1. The Morgan fingerprint density at radius 1 is 1.37 bits per heavy atom. The van der Waals surface area contributed by atoms with Crippen LogP contribution >= 0.6 is 0 Å². The van der Waals surface area contributed by atoms with Gasteiger partial charge in [-0.2, -0.15) is 18.4 Å². The Kier molecular flexibility index (Phi) is 4.39. The molecule has 0 unspecified atom stereocenters. The van der Waals surface area contributed by atoms with Gasteiger partial charge in [-0.25, -0.2) is 8.42 Å². The van der Waals surface area contributed by atoms with Gasteiger partial charge in [0.25, 0.3) is 0 Å². The van der Waals surface area contributed by atoms with Gasteiger partial charge in [-0.15, -0.1) is 0 Å². The first-order valence-corrected chi connectivity index (χ1v) is 6.57. The van der Waals surface area contributed by atoms with Crippen LogP contribution in [0.1, 0.15) is 11.1 Å². The van der Waals surface area contributed by atoms with E-state index < -0.39 is 39.7 Å². The molecule has 0 saturated carbocycles. The minimum Gasteiger partial charge on any atom is -0.395 e. The van der Waals surface area contributed by atoms with E-state index in [0.717, 1.165) is 12.1 Å². The molecule has 19 heavy (non-hydrogen) atoms. The number of hydrogen-bond donors (Lipinski definition) is 2. The van der Waals surface area contributed by atoms with Gasteiger partial charge < -0.3 is 5.11 Å². The number of hydrogen-bond acceptors (Lipinski definition) is 4. The highest BCUT2D eigenvalue weighted by atomic mass is 32.2. The van der Waals surface area contributed by atoms with Crippen molar-refractivity contribution in [3.05, 3.63) is 29.3 Å². The van der Waals surface area contributed by atoms with Crippen molar-refractivity contribution in [2.45, 2.75) is 6.18 Å². The summed E-state index contributed by atoms with van der Waals surface area (Å²) in [5, 5.41) is 17.1. The second-order valence-corrected chi connectivity index (χ2v) is 5.36. The quantitative estimate of drug-likeness (QED) is 0.876. The van der Waals surface area contributed by atoms with Gasteiger partial charge in [0.1, 0.15) is 0 Å². The van der Waals surface area contributed by atoms with Crippen LogP contribution < -0.4 is 4.72 Å². The summed E-state index contributed by atoms with van der Waals surface area (Å²) in [7, 11) is -3.92. The largest absolute Gasteiger partial charge is 0.417 e. The van der Waals surface area contributed by atoms with Crippen molar-refractivity contribution < 1.29 is 26.7 Å². The third-order valence-corrected chi connectivity index (χ3v) is 3.35. The number of alkyl halides is 3. The highest BCUT2D eigenvalue weighted by molar-refractivity contribution is 7.92. The summed E-state index contributed by atoms with van der Waals surface area (Å²) in [5.74, 6) is -0.631. The Morgan fingerprint density at radius 3 is 2.47 bits per heavy atom. The molecule has 0 fully saturated rings. The molecular formula is C10H9F3N2O3S. The van der Waals surface area contributed by atoms with E-state index in [1.54, 1.807) is 0 Å². The van der Waals surface area contributed by atoms with Crippen LogP contribution in [0, 0.1) is 11.3 Å². The number of rotatable bonds is 4. The van der Waals surface area contributed by atoms with E-state index >= 15 is 0 Å². The summed E-state index contributed by atoms with van der Waals surface area (Å²) < 4.78 is 62.4. The summed E-state index contributed by atoms with van der Waals surface area (Å²) in [5.41, 5.74) is -2.14. The van der Waals surface area contributed by atoms with Gasteiger partial charge in [0.2, 0.25) is 10.0 Å². The summed E-state index contributed by atoms with van der Waals surface area (Å²) in [6, 6.07) is 3.83. The van der Waals surface area contributed by atoms with Gasteiger partial charge in [0.05, 0.1) is 29.6 Å². The molecule has 0 atom stereocenters. The lowest BCUT2D eigenvalue weighted by Gasteiger charge is -2.12. The molecule has 0 amide bonds. The van der Waals surface area contributed by atoms with Crippen molar-refractivity contribution in [3.63, 3.8) is 0 Å². The van der Waals surface area contributed by atoms with Crippen LogP contribution in [-0.2, 0) is 16.2 Å². The average Bonchev–Trinajstić information content (AvgIpc) is 2.27. The minimum atomic E-state index is -4.76. The monoisotopic (exact) mass is 294 g/mol. The zero-order valence-electron chi connectivity index (χ0n) is 9.40. The van der Waals surface area contributed by atoms with Gasteiger partial charge >= 0.3 is 6.18 Å². The van der Waals surface area contributed by atoms with E-state index in [4.69, 9.17) is 10.4 Å². The third kappa shape index (κ3) is 4.11. The third-order valence-electron chi connectivity index (χ3n) is 2.08. The molecule has 0 saturated heterocycles. The van der Waals surface area contributed by atoms with Crippen molar-refractivity contribution >= 4 is 15.7 Å². The number of anilines is 1. The summed E-state index contributed by atoms with van der Waals surface area (Å²) in [6.07, 6.45) is -4.76. The van der Waals surface area contributed by atoms with E-state index in [1.807, 2.05) is 4.72 Å². The van der Waals surface area contributed by atoms with E-state index in [2.05, 4.69) is 0 Å². The van der Waals surface area contributed by atoms with Gasteiger partial charge in [-0.05, 0) is 18.2 Å². The molecule has 1 aromatic carbocycles. The van der Waals surface area contributed by atoms with E-state index in [-0.39, 0.29) is 5.69 Å². The fraction of sp³-hybridized carbons (Fsp3) is 0.300. The molecule has 0 aliphatic rings. The molecule has 5 nitrogen and oxygen atoms in total. The van der Waals surface area contributed by atoms with Crippen LogP contribution in [0.2, 0.25) is 0 Å². The molecule has 0 radical (unpaired) electrons. The fourth-order valence-electron chi connectivity index (χ4n) is 1.29. The lowest BCUT2D eigenvalue weighted by Crippen LogP contribution is -2.19. The lowest BCUT2D eigenvalue weighted by molar-refractivity contribution is -0.137. The molecule has 1 aromatic rings. The summed E-state index contributed by atoms with van der Waals surface area (Å²) in [4.78, 5) is 0. The van der Waals surface area contributed by atoms with Crippen LogP contribution in [-0.4, -0.2) is 25.9 Å².